The molecule has 0 aromatic carbocycles. The number of aromatic nitrogens is 2. The van der Waals surface area contributed by atoms with Crippen LogP contribution in [-0.2, 0) is 19.5 Å². The summed E-state index contributed by atoms with van der Waals surface area (Å²) in [5.41, 5.74) is 4.62. The zero-order chi connectivity index (χ0) is 12.5. The smallest absolute Gasteiger partial charge is 0.163 e. The zero-order valence-corrected chi connectivity index (χ0v) is 10.8. The molecule has 0 amide bonds. The van der Waals surface area contributed by atoms with Gasteiger partial charge in [-0.15, -0.1) is 0 Å². The molecule has 3 heterocycles. The first-order chi connectivity index (χ1) is 8.79. The van der Waals surface area contributed by atoms with Crippen LogP contribution in [0.25, 0.3) is 11.4 Å². The number of furan rings is 1. The predicted octanol–water partition coefficient (Wildman–Crippen LogP) is 2.60. The van der Waals surface area contributed by atoms with Gasteiger partial charge in [0.25, 0.3) is 0 Å². The maximum Gasteiger partial charge on any atom is 0.163 e. The first-order valence-corrected chi connectivity index (χ1v) is 6.43. The third-order valence-electron chi connectivity index (χ3n) is 3.36. The number of hydrogen-bond acceptors (Lipinski definition) is 4. The monoisotopic (exact) mass is 243 g/mol. The Morgan fingerprint density at radius 3 is 2.94 bits per heavy atom. The van der Waals surface area contributed by atoms with Gasteiger partial charge in [-0.3, -0.25) is 0 Å². The highest BCUT2D eigenvalue weighted by atomic mass is 16.3. The van der Waals surface area contributed by atoms with Crippen LogP contribution in [-0.4, -0.2) is 9.97 Å². The molecule has 4 nitrogen and oxygen atoms in total. The van der Waals surface area contributed by atoms with Crippen molar-refractivity contribution in [2.75, 3.05) is 0 Å². The molecule has 3 rings (SSSR count). The Morgan fingerprint density at radius 2 is 2.22 bits per heavy atom. The van der Waals surface area contributed by atoms with Crippen LogP contribution < -0.4 is 5.32 Å². The van der Waals surface area contributed by atoms with E-state index in [9.17, 15) is 0 Å². The van der Waals surface area contributed by atoms with Crippen molar-refractivity contribution >= 4 is 0 Å². The lowest BCUT2D eigenvalue weighted by molar-refractivity contribution is 0.535. The Hall–Kier alpha value is -1.68. The number of rotatable bonds is 3. The average Bonchev–Trinajstić information content (AvgIpc) is 2.97. The molecule has 0 saturated carbocycles. The van der Waals surface area contributed by atoms with Crippen molar-refractivity contribution < 1.29 is 4.42 Å². The van der Waals surface area contributed by atoms with Crippen molar-refractivity contribution in [2.45, 2.75) is 39.8 Å². The van der Waals surface area contributed by atoms with E-state index in [1.54, 1.807) is 6.26 Å². The Bertz CT molecular complexity index is 574. The standard InChI is InChI=1S/C14H17N3O/c1-3-4-12-11-7-15-8-13(11)17-14(16-12)10-5-6-18-9(10)2/h5-6,15H,3-4,7-8H2,1-2H3. The summed E-state index contributed by atoms with van der Waals surface area (Å²) in [6.45, 7) is 5.87. The van der Waals surface area contributed by atoms with Crippen LogP contribution in [0, 0.1) is 6.92 Å². The van der Waals surface area contributed by atoms with Crippen molar-refractivity contribution in [3.63, 3.8) is 0 Å². The number of hydrogen-bond donors (Lipinski definition) is 1. The second kappa shape index (κ2) is 4.53. The first-order valence-electron chi connectivity index (χ1n) is 6.43. The average molecular weight is 243 g/mol. The fourth-order valence-corrected chi connectivity index (χ4v) is 2.42. The quantitative estimate of drug-likeness (QED) is 0.900. The minimum absolute atomic E-state index is 0.798. The topological polar surface area (TPSA) is 51.0 Å². The van der Waals surface area contributed by atoms with Gasteiger partial charge in [-0.1, -0.05) is 13.3 Å². The van der Waals surface area contributed by atoms with E-state index in [4.69, 9.17) is 9.40 Å². The summed E-state index contributed by atoms with van der Waals surface area (Å²) in [4.78, 5) is 9.39. The van der Waals surface area contributed by atoms with Crippen molar-refractivity contribution in [2.24, 2.45) is 0 Å². The Kier molecular flexibility index (Phi) is 2.88. The summed E-state index contributed by atoms with van der Waals surface area (Å²) >= 11 is 0. The molecule has 0 unspecified atom stereocenters. The van der Waals surface area contributed by atoms with Crippen molar-refractivity contribution in [3.8, 4) is 11.4 Å². The van der Waals surface area contributed by atoms with Gasteiger partial charge in [-0.25, -0.2) is 9.97 Å². The fourth-order valence-electron chi connectivity index (χ4n) is 2.42. The highest BCUT2D eigenvalue weighted by molar-refractivity contribution is 5.58. The maximum absolute atomic E-state index is 5.34. The van der Waals surface area contributed by atoms with Crippen LogP contribution in [0.1, 0.15) is 36.1 Å². The molecule has 0 saturated heterocycles. The molecule has 0 atom stereocenters. The van der Waals surface area contributed by atoms with Crippen LogP contribution in [0.15, 0.2) is 16.7 Å². The molecular weight excluding hydrogens is 226 g/mol. The van der Waals surface area contributed by atoms with Gasteiger partial charge in [0.15, 0.2) is 5.82 Å². The van der Waals surface area contributed by atoms with Gasteiger partial charge in [-0.05, 0) is 19.4 Å². The number of nitrogens with one attached hydrogen (secondary N) is 1. The van der Waals surface area contributed by atoms with Gasteiger partial charge in [-0.2, -0.15) is 0 Å². The molecule has 4 heteroatoms. The molecule has 94 valence electrons. The third-order valence-corrected chi connectivity index (χ3v) is 3.36. The number of fused-ring (bicyclic) bond motifs is 1. The largest absolute Gasteiger partial charge is 0.469 e. The van der Waals surface area contributed by atoms with Gasteiger partial charge in [0, 0.05) is 24.3 Å². The highest BCUT2D eigenvalue weighted by Crippen LogP contribution is 2.25. The van der Waals surface area contributed by atoms with Gasteiger partial charge >= 0.3 is 0 Å². The van der Waals surface area contributed by atoms with E-state index in [1.807, 2.05) is 13.0 Å². The number of aryl methyl sites for hydroxylation is 2. The van der Waals surface area contributed by atoms with Gasteiger partial charge in [0.2, 0.25) is 0 Å². The minimum Gasteiger partial charge on any atom is -0.469 e. The Morgan fingerprint density at radius 1 is 1.33 bits per heavy atom. The van der Waals surface area contributed by atoms with Gasteiger partial charge < -0.3 is 9.73 Å². The Labute approximate surface area is 106 Å². The van der Waals surface area contributed by atoms with Crippen LogP contribution in [0.4, 0.5) is 0 Å². The normalized spacial score (nSPS) is 13.9. The van der Waals surface area contributed by atoms with E-state index in [-0.39, 0.29) is 0 Å². The summed E-state index contributed by atoms with van der Waals surface area (Å²) in [5.74, 6) is 1.68. The maximum atomic E-state index is 5.34. The molecule has 2 aromatic heterocycles. The lowest BCUT2D eigenvalue weighted by Gasteiger charge is -2.08. The molecule has 1 N–H and O–H groups in total. The highest BCUT2D eigenvalue weighted by Gasteiger charge is 2.20. The van der Waals surface area contributed by atoms with E-state index >= 15 is 0 Å². The van der Waals surface area contributed by atoms with E-state index in [2.05, 4.69) is 17.2 Å². The van der Waals surface area contributed by atoms with E-state index in [1.165, 1.54) is 11.3 Å². The SMILES string of the molecule is CCCc1nc(-c2ccoc2C)nc2c1CNC2. The minimum atomic E-state index is 0.798. The molecule has 2 aromatic rings. The molecular formula is C14H17N3O. The molecule has 0 radical (unpaired) electrons. The van der Waals surface area contributed by atoms with Crippen LogP contribution >= 0.6 is 0 Å². The first kappa shape index (κ1) is 11.4. The summed E-state index contributed by atoms with van der Waals surface area (Å²) < 4.78 is 5.34. The zero-order valence-electron chi connectivity index (χ0n) is 10.8. The molecule has 1 aliphatic heterocycles. The second-order valence-corrected chi connectivity index (χ2v) is 4.66. The lowest BCUT2D eigenvalue weighted by atomic mass is 10.1. The molecule has 0 fully saturated rings. The fraction of sp³-hybridized carbons (Fsp3) is 0.429. The summed E-state index contributed by atoms with van der Waals surface area (Å²) in [5, 5.41) is 3.35. The molecule has 0 bridgehead atoms. The summed E-state index contributed by atoms with van der Waals surface area (Å²) in [7, 11) is 0. The van der Waals surface area contributed by atoms with E-state index in [0.717, 1.165) is 48.8 Å². The third kappa shape index (κ3) is 1.82. The van der Waals surface area contributed by atoms with Crippen molar-refractivity contribution in [3.05, 3.63) is 35.0 Å². The van der Waals surface area contributed by atoms with Crippen molar-refractivity contribution in [1.29, 1.82) is 0 Å². The molecule has 18 heavy (non-hydrogen) atoms. The predicted molar refractivity (Wildman–Crippen MR) is 69.0 cm³/mol. The van der Waals surface area contributed by atoms with Crippen LogP contribution in [0.2, 0.25) is 0 Å². The molecule has 0 aliphatic carbocycles. The molecule has 1 aliphatic rings. The van der Waals surface area contributed by atoms with Crippen LogP contribution in [0.3, 0.4) is 0 Å². The van der Waals surface area contributed by atoms with Gasteiger partial charge in [0.05, 0.1) is 17.5 Å². The van der Waals surface area contributed by atoms with E-state index in [0.29, 0.717) is 0 Å². The van der Waals surface area contributed by atoms with Gasteiger partial charge in [0.1, 0.15) is 5.76 Å². The van der Waals surface area contributed by atoms with Crippen LogP contribution in [0.5, 0.6) is 0 Å². The van der Waals surface area contributed by atoms with E-state index < -0.39 is 0 Å². The Balaban J connectivity index is 2.12. The molecule has 0 spiro atoms. The van der Waals surface area contributed by atoms with Crippen molar-refractivity contribution in [1.82, 2.24) is 15.3 Å². The second-order valence-electron chi connectivity index (χ2n) is 4.66. The summed E-state index contributed by atoms with van der Waals surface area (Å²) in [6.07, 6.45) is 3.81. The number of nitrogens with zero attached hydrogens (tertiary/aromatic N) is 2. The lowest BCUT2D eigenvalue weighted by Crippen LogP contribution is -2.03. The summed E-state index contributed by atoms with van der Waals surface area (Å²) in [6, 6.07) is 1.94.